The topological polar surface area (TPSA) is 136 Å². The number of hydrogen-bond donors (Lipinski definition) is 3. The molecule has 1 aromatic carbocycles. The van der Waals surface area contributed by atoms with Crippen molar-refractivity contribution in [1.82, 2.24) is 4.90 Å². The molecule has 44 heavy (non-hydrogen) atoms. The molecule has 1 aliphatic heterocycles. The van der Waals surface area contributed by atoms with Crippen molar-refractivity contribution >= 4 is 5.97 Å². The van der Waals surface area contributed by atoms with Crippen molar-refractivity contribution in [2.45, 2.75) is 68.0 Å². The number of hydrogen-bond acceptors (Lipinski definition) is 11. The Balaban J connectivity index is 1.41. The second-order valence-corrected chi connectivity index (χ2v) is 14.1. The maximum Gasteiger partial charge on any atom is 0.338 e. The Morgan fingerprint density at radius 1 is 0.977 bits per heavy atom. The van der Waals surface area contributed by atoms with Crippen molar-refractivity contribution in [2.75, 3.05) is 55.2 Å². The Bertz CT molecular complexity index is 1260. The highest BCUT2D eigenvalue weighted by molar-refractivity contribution is 5.89. The van der Waals surface area contributed by atoms with Crippen molar-refractivity contribution in [1.29, 1.82) is 0 Å². The van der Waals surface area contributed by atoms with Gasteiger partial charge < -0.3 is 43.7 Å². The second-order valence-electron chi connectivity index (χ2n) is 14.1. The van der Waals surface area contributed by atoms with Crippen LogP contribution in [0.5, 0.6) is 5.75 Å². The van der Waals surface area contributed by atoms with Gasteiger partial charge in [-0.05, 0) is 43.1 Å². The van der Waals surface area contributed by atoms with Gasteiger partial charge in [0.05, 0.1) is 43.7 Å². The number of carbonyl (C=O) groups excluding carboxylic acids is 1. The molecule has 6 aliphatic rings. The van der Waals surface area contributed by atoms with E-state index >= 15 is 0 Å². The third-order valence-corrected chi connectivity index (χ3v) is 13.1. The number of piperidine rings is 1. The fraction of sp³-hybridized carbons (Fsp3) is 0.788. The Morgan fingerprint density at radius 3 is 2.30 bits per heavy atom. The number of nitrogens with zero attached hydrogens (tertiary/aromatic N) is 1. The van der Waals surface area contributed by atoms with Gasteiger partial charge >= 0.3 is 5.97 Å². The first kappa shape index (κ1) is 30.8. The molecule has 1 heterocycles. The Kier molecular flexibility index (Phi) is 7.42. The van der Waals surface area contributed by atoms with E-state index in [0.717, 1.165) is 6.54 Å². The van der Waals surface area contributed by atoms with Crippen LogP contribution < -0.4 is 4.74 Å². The lowest BCUT2D eigenvalue weighted by atomic mass is 9.43. The van der Waals surface area contributed by atoms with Crippen LogP contribution in [0.1, 0.15) is 30.1 Å². The predicted octanol–water partition coefficient (Wildman–Crippen LogP) is 0.971. The van der Waals surface area contributed by atoms with E-state index < -0.39 is 52.7 Å². The predicted molar refractivity (Wildman–Crippen MR) is 156 cm³/mol. The van der Waals surface area contributed by atoms with Gasteiger partial charge in [0.2, 0.25) is 0 Å². The number of aliphatic hydroxyl groups is 3. The summed E-state index contributed by atoms with van der Waals surface area (Å²) >= 11 is 0. The van der Waals surface area contributed by atoms with Crippen LogP contribution in [0.2, 0.25) is 0 Å². The van der Waals surface area contributed by atoms with Crippen LogP contribution in [-0.4, -0.2) is 130 Å². The van der Waals surface area contributed by atoms with Gasteiger partial charge in [-0.1, -0.05) is 6.92 Å². The molecular formula is C33H47NO10. The van der Waals surface area contributed by atoms with Crippen LogP contribution in [0, 0.1) is 40.4 Å². The molecule has 244 valence electrons. The standard InChI is InChI=1S/C33H47NO10/c1-7-34-14-31(15-39-2)19(35)12-20(41-4)33-18-13-32(38)28(44-30(37)16-8-10-17(40-3)11-9-16)21(18)22(24(36)29(32)43-6)23(27(33)34)25(42-5)26(31)33/h8-11,18-29,35-36,38H,7,12-15H2,1-6H3/t18-,19-,20+,21+,22+,23+,24-,25+,26-,27?,28-,29+,31+,32-,33+/m1/s1. The van der Waals surface area contributed by atoms with Crippen LogP contribution in [-0.2, 0) is 23.7 Å². The lowest BCUT2D eigenvalue weighted by Gasteiger charge is -2.69. The molecule has 15 atom stereocenters. The number of methoxy groups -OCH3 is 5. The minimum atomic E-state index is -1.63. The summed E-state index contributed by atoms with van der Waals surface area (Å²) in [6, 6.07) is 6.66. The minimum absolute atomic E-state index is 0.0401. The second kappa shape index (κ2) is 10.6. The lowest BCUT2D eigenvalue weighted by Crippen LogP contribution is -2.77. The molecule has 1 aromatic rings. The summed E-state index contributed by atoms with van der Waals surface area (Å²) in [5.74, 6) is -1.27. The van der Waals surface area contributed by atoms with E-state index in [0.29, 0.717) is 30.9 Å². The molecule has 11 nitrogen and oxygen atoms in total. The molecule has 0 aromatic heterocycles. The van der Waals surface area contributed by atoms with Gasteiger partial charge in [-0.2, -0.15) is 0 Å². The first-order valence-electron chi connectivity index (χ1n) is 15.9. The van der Waals surface area contributed by atoms with Gasteiger partial charge in [-0.3, -0.25) is 4.90 Å². The minimum Gasteiger partial charge on any atom is -0.497 e. The van der Waals surface area contributed by atoms with E-state index in [-0.39, 0.29) is 48.3 Å². The summed E-state index contributed by atoms with van der Waals surface area (Å²) in [6.45, 7) is 3.84. The summed E-state index contributed by atoms with van der Waals surface area (Å²) < 4.78 is 36.2. The number of fused-ring (bicyclic) bond motifs is 2. The zero-order valence-corrected chi connectivity index (χ0v) is 26.4. The van der Waals surface area contributed by atoms with Gasteiger partial charge in [0.25, 0.3) is 0 Å². The van der Waals surface area contributed by atoms with E-state index in [1.807, 2.05) is 0 Å². The van der Waals surface area contributed by atoms with Gasteiger partial charge in [0, 0.05) is 81.9 Å². The average Bonchev–Trinajstić information content (AvgIpc) is 3.36. The van der Waals surface area contributed by atoms with Crippen LogP contribution in [0.3, 0.4) is 0 Å². The largest absolute Gasteiger partial charge is 0.497 e. The molecule has 1 saturated heterocycles. The number of carbonyl (C=O) groups is 1. The normalized spacial score (nSPS) is 50.0. The quantitative estimate of drug-likeness (QED) is 0.342. The number of benzene rings is 1. The lowest BCUT2D eigenvalue weighted by molar-refractivity contribution is -0.285. The van der Waals surface area contributed by atoms with Crippen molar-refractivity contribution in [3.8, 4) is 5.75 Å². The van der Waals surface area contributed by atoms with Crippen LogP contribution in [0.4, 0.5) is 0 Å². The molecule has 0 amide bonds. The molecule has 7 bridgehead atoms. The van der Waals surface area contributed by atoms with Crippen molar-refractivity contribution in [3.05, 3.63) is 29.8 Å². The molecule has 6 fully saturated rings. The highest BCUT2D eigenvalue weighted by Crippen LogP contribution is 2.79. The van der Waals surface area contributed by atoms with Gasteiger partial charge in [-0.25, -0.2) is 4.79 Å². The van der Waals surface area contributed by atoms with Crippen molar-refractivity contribution in [3.63, 3.8) is 0 Å². The van der Waals surface area contributed by atoms with E-state index in [9.17, 15) is 20.1 Å². The van der Waals surface area contributed by atoms with Crippen molar-refractivity contribution in [2.24, 2.45) is 40.4 Å². The first-order chi connectivity index (χ1) is 21.1. The molecule has 1 spiro atoms. The average molecular weight is 618 g/mol. The molecule has 7 rings (SSSR count). The third kappa shape index (κ3) is 3.53. The number of ether oxygens (including phenoxy) is 6. The van der Waals surface area contributed by atoms with Gasteiger partial charge in [0.1, 0.15) is 23.6 Å². The summed E-state index contributed by atoms with van der Waals surface area (Å²) in [5, 5.41) is 36.6. The number of aliphatic hydroxyl groups excluding tert-OH is 2. The van der Waals surface area contributed by atoms with Crippen LogP contribution in [0.15, 0.2) is 24.3 Å². The Labute approximate surface area is 258 Å². The number of likely N-dealkylation sites (tertiary alicyclic amines) is 1. The highest BCUT2D eigenvalue weighted by Gasteiger charge is 2.87. The monoisotopic (exact) mass is 617 g/mol. The molecule has 0 radical (unpaired) electrons. The fourth-order valence-corrected chi connectivity index (χ4v) is 12.1. The maximum atomic E-state index is 13.7. The molecule has 5 saturated carbocycles. The zero-order chi connectivity index (χ0) is 31.3. The third-order valence-electron chi connectivity index (χ3n) is 13.1. The summed E-state index contributed by atoms with van der Waals surface area (Å²) in [6.07, 6.45) is -3.60. The summed E-state index contributed by atoms with van der Waals surface area (Å²) in [4.78, 5) is 16.1. The Morgan fingerprint density at radius 2 is 1.70 bits per heavy atom. The molecule has 3 N–H and O–H groups in total. The zero-order valence-electron chi connectivity index (χ0n) is 26.4. The highest BCUT2D eigenvalue weighted by atomic mass is 16.6. The SMILES string of the molecule is CCN1C[C@]2(COC)[C@H](O)C[C@H](OC)[C@]34C1[C@H]([C@H](OC)[C@H]23)[C@H]1[C@@H](O)[C@H](OC)[C@@]2(O)C[C@@H]4[C@@H]1[C@H]2OC(=O)c1ccc(OC)cc1. The van der Waals surface area contributed by atoms with Gasteiger partial charge in [0.15, 0.2) is 0 Å². The van der Waals surface area contributed by atoms with Gasteiger partial charge in [-0.15, -0.1) is 0 Å². The first-order valence-corrected chi connectivity index (χ1v) is 15.9. The maximum absolute atomic E-state index is 13.7. The summed E-state index contributed by atoms with van der Waals surface area (Å²) in [5.41, 5.74) is -2.50. The summed E-state index contributed by atoms with van der Waals surface area (Å²) in [7, 11) is 8.15. The van der Waals surface area contributed by atoms with E-state index in [1.54, 1.807) is 52.7 Å². The van der Waals surface area contributed by atoms with Crippen LogP contribution >= 0.6 is 0 Å². The van der Waals surface area contributed by atoms with E-state index in [1.165, 1.54) is 7.11 Å². The molecule has 11 heteroatoms. The molecule has 1 unspecified atom stereocenters. The fourth-order valence-electron chi connectivity index (χ4n) is 12.1. The van der Waals surface area contributed by atoms with E-state index in [4.69, 9.17) is 28.4 Å². The van der Waals surface area contributed by atoms with Crippen molar-refractivity contribution < 1.29 is 48.5 Å². The number of esters is 1. The van der Waals surface area contributed by atoms with E-state index in [2.05, 4.69) is 11.8 Å². The molecular weight excluding hydrogens is 570 g/mol. The molecule has 5 aliphatic carbocycles. The number of rotatable bonds is 9. The van der Waals surface area contributed by atoms with Crippen LogP contribution in [0.25, 0.3) is 0 Å². The Hall–Kier alpha value is -1.83. The smallest absolute Gasteiger partial charge is 0.338 e.